The summed E-state index contributed by atoms with van der Waals surface area (Å²) in [5, 5.41) is 16.9. The summed E-state index contributed by atoms with van der Waals surface area (Å²) in [5.41, 5.74) is 0.266. The number of nitrogens with one attached hydrogen (secondary N) is 1. The smallest absolute Gasteiger partial charge is 0.253 e. The van der Waals surface area contributed by atoms with Gasteiger partial charge < -0.3 is 24.9 Å². The first-order valence-corrected chi connectivity index (χ1v) is 13.1. The van der Waals surface area contributed by atoms with E-state index in [1.807, 2.05) is 37.0 Å². The van der Waals surface area contributed by atoms with E-state index in [0.29, 0.717) is 43.1 Å². The molecule has 0 saturated carbocycles. The molecule has 9 nitrogen and oxygen atoms in total. The zero-order valence-electron chi connectivity index (χ0n) is 20.8. The van der Waals surface area contributed by atoms with Crippen molar-refractivity contribution in [1.29, 1.82) is 0 Å². The van der Waals surface area contributed by atoms with Crippen molar-refractivity contribution in [2.24, 2.45) is 11.3 Å². The molecule has 8 rings (SSSR count). The number of hydrogen-bond acceptors (Lipinski definition) is 6. The van der Waals surface area contributed by atoms with Crippen molar-refractivity contribution in [3.63, 3.8) is 0 Å². The number of amides is 2. The van der Waals surface area contributed by atoms with Crippen LogP contribution in [0.2, 0.25) is 0 Å². The zero-order valence-corrected chi connectivity index (χ0v) is 20.8. The first-order chi connectivity index (χ1) is 17.3. The van der Waals surface area contributed by atoms with Crippen LogP contribution in [0, 0.1) is 16.5 Å². The Kier molecular flexibility index (Phi) is 4.54. The molecule has 1 aliphatic carbocycles. The molecule has 1 aromatic rings. The van der Waals surface area contributed by atoms with Gasteiger partial charge in [-0.05, 0) is 51.3 Å². The summed E-state index contributed by atoms with van der Waals surface area (Å²) in [6.07, 6.45) is 3.99. The van der Waals surface area contributed by atoms with Gasteiger partial charge in [0.1, 0.15) is 23.4 Å². The number of ether oxygens (including phenoxy) is 2. The second-order valence-corrected chi connectivity index (χ2v) is 11.6. The summed E-state index contributed by atoms with van der Waals surface area (Å²) in [6, 6.07) is 5.61. The van der Waals surface area contributed by atoms with Gasteiger partial charge in [0.15, 0.2) is 0 Å². The Morgan fingerprint density at radius 2 is 2.03 bits per heavy atom. The Morgan fingerprint density at radius 1 is 1.22 bits per heavy atom. The van der Waals surface area contributed by atoms with E-state index in [4.69, 9.17) is 9.47 Å². The van der Waals surface area contributed by atoms with E-state index in [1.54, 1.807) is 6.07 Å². The van der Waals surface area contributed by atoms with E-state index < -0.39 is 16.5 Å². The van der Waals surface area contributed by atoms with Gasteiger partial charge >= 0.3 is 0 Å². The normalized spacial score (nSPS) is 34.1. The maximum atomic E-state index is 13.9. The number of piperazine rings is 1. The molecule has 6 heterocycles. The molecule has 1 unspecified atom stereocenters. The number of rotatable bonds is 4. The fourth-order valence-corrected chi connectivity index (χ4v) is 7.67. The highest BCUT2D eigenvalue weighted by molar-refractivity contribution is 6.30. The van der Waals surface area contributed by atoms with Crippen molar-refractivity contribution in [3.05, 3.63) is 35.0 Å². The lowest BCUT2D eigenvalue weighted by molar-refractivity contribution is -0.362. The molecule has 6 aliphatic heterocycles. The Hall–Kier alpha value is -2.91. The van der Waals surface area contributed by atoms with Crippen LogP contribution in [0.1, 0.15) is 38.7 Å². The third kappa shape index (κ3) is 2.70. The van der Waals surface area contributed by atoms with Gasteiger partial charge in [0, 0.05) is 32.1 Å². The highest BCUT2D eigenvalue weighted by Gasteiger charge is 2.73. The number of benzene rings is 1. The molecule has 190 valence electrons. The maximum Gasteiger partial charge on any atom is 0.253 e. The van der Waals surface area contributed by atoms with Gasteiger partial charge in [-0.15, -0.1) is 0 Å². The number of allylic oxidation sites excluding steroid dienone is 1. The lowest BCUT2D eigenvalue weighted by Crippen LogP contribution is -2.83. The van der Waals surface area contributed by atoms with Crippen molar-refractivity contribution in [2.75, 3.05) is 46.0 Å². The number of piperidine rings is 2. The fourth-order valence-electron chi connectivity index (χ4n) is 7.67. The van der Waals surface area contributed by atoms with Gasteiger partial charge in [-0.2, -0.15) is 4.74 Å². The summed E-state index contributed by atoms with van der Waals surface area (Å²) >= 11 is 0. The van der Waals surface area contributed by atoms with Gasteiger partial charge in [0.2, 0.25) is 17.3 Å². The fraction of sp³-hybridized carbons (Fsp3) is 0.593. The number of carbonyl (C=O) groups excluding carboxylic acids is 2. The van der Waals surface area contributed by atoms with Crippen LogP contribution in [0.5, 0.6) is 5.75 Å². The Morgan fingerprint density at radius 3 is 2.83 bits per heavy atom. The molecule has 2 spiro atoms. The molecule has 5 saturated heterocycles. The van der Waals surface area contributed by atoms with E-state index >= 15 is 0 Å². The Bertz CT molecular complexity index is 1250. The Balaban J connectivity index is 1.25. The molecule has 1 N–H and O–H groups in total. The quantitative estimate of drug-likeness (QED) is 0.507. The van der Waals surface area contributed by atoms with Crippen LogP contribution < -0.4 is 10.1 Å². The molecule has 7 aliphatic rings. The van der Waals surface area contributed by atoms with Crippen LogP contribution in [0.25, 0.3) is 5.57 Å². The topological polar surface area (TPSA) is 97.2 Å². The summed E-state index contributed by atoms with van der Waals surface area (Å²) < 4.78 is 12.4. The molecule has 0 radical (unpaired) electrons. The van der Waals surface area contributed by atoms with Crippen LogP contribution in [-0.2, 0) is 14.3 Å². The number of nitrogens with zero attached hydrogens (tertiary/aromatic N) is 3. The molecule has 9 heteroatoms. The maximum absolute atomic E-state index is 13.9. The Labute approximate surface area is 210 Å². The average Bonchev–Trinajstić information content (AvgIpc) is 3.42. The summed E-state index contributed by atoms with van der Waals surface area (Å²) in [6.45, 7) is 9.36. The molecule has 0 aromatic heterocycles. The molecule has 2 bridgehead atoms. The van der Waals surface area contributed by atoms with Gasteiger partial charge in [-0.25, -0.2) is 0 Å². The van der Waals surface area contributed by atoms with E-state index in [-0.39, 0.29) is 17.7 Å². The first-order valence-electron chi connectivity index (χ1n) is 13.1. The molecule has 36 heavy (non-hydrogen) atoms. The van der Waals surface area contributed by atoms with Crippen molar-refractivity contribution in [3.8, 4) is 5.75 Å². The predicted molar refractivity (Wildman–Crippen MR) is 132 cm³/mol. The number of morpholine rings is 1. The van der Waals surface area contributed by atoms with Crippen molar-refractivity contribution in [2.45, 2.75) is 44.2 Å². The molecular formula is C27H32N4O5. The third-order valence-corrected chi connectivity index (χ3v) is 9.49. The summed E-state index contributed by atoms with van der Waals surface area (Å²) in [4.78, 5) is 31.3. The number of hydrogen-bond donors (Lipinski definition) is 1. The third-order valence-electron chi connectivity index (χ3n) is 9.49. The second kappa shape index (κ2) is 7.32. The molecule has 1 aromatic carbocycles. The highest BCUT2D eigenvalue weighted by atomic mass is 16.5. The first kappa shape index (κ1) is 22.3. The van der Waals surface area contributed by atoms with Crippen molar-refractivity contribution < 1.29 is 23.8 Å². The van der Waals surface area contributed by atoms with E-state index in [2.05, 4.69) is 10.2 Å². The average molecular weight is 493 g/mol. The van der Waals surface area contributed by atoms with Gasteiger partial charge in [-0.1, -0.05) is 0 Å². The monoisotopic (exact) mass is 492 g/mol. The molecule has 5 fully saturated rings. The van der Waals surface area contributed by atoms with Crippen molar-refractivity contribution >= 4 is 28.8 Å². The van der Waals surface area contributed by atoms with Crippen LogP contribution in [0.4, 0.5) is 5.69 Å². The van der Waals surface area contributed by atoms with Crippen LogP contribution in [-0.4, -0.2) is 89.1 Å². The van der Waals surface area contributed by atoms with Crippen LogP contribution in [0.3, 0.4) is 0 Å². The lowest BCUT2D eigenvalue weighted by Gasteiger charge is -2.62. The standard InChI is InChI=1S/C27H32N4O5/c1-25(2)21-16-26-6-3-7-30(26)24(33)27(21,28-23(26)32)15-19-18-5-4-17(14-20(18)31(34)22(19)25)36-13-10-29-8-11-35-12-9-29/h4-5,14-15,21H,3,6-13,16H2,1-2H3,(H,28,32)/t21?,26-,27-/m0/s1. The number of carbonyl (C=O) groups is 2. The van der Waals surface area contributed by atoms with E-state index in [0.717, 1.165) is 55.1 Å². The molecule has 2 amide bonds. The summed E-state index contributed by atoms with van der Waals surface area (Å²) in [5.74, 6) is 0.400. The largest absolute Gasteiger partial charge is 0.618 e. The van der Waals surface area contributed by atoms with E-state index in [9.17, 15) is 14.8 Å². The SMILES string of the molecule is CC1(C)C2=[N+]([O-])c3cc(OCCN4CCOCC4)ccc3C2=C[C@@]23NC(=O)[C@]4(CCCN4C2=O)CC13. The molecule has 3 atom stereocenters. The summed E-state index contributed by atoms with van der Waals surface area (Å²) in [7, 11) is 0. The van der Waals surface area contributed by atoms with Crippen LogP contribution in [0.15, 0.2) is 24.3 Å². The highest BCUT2D eigenvalue weighted by Crippen LogP contribution is 2.60. The minimum atomic E-state index is -1.11. The lowest BCUT2D eigenvalue weighted by atomic mass is 9.51. The second-order valence-electron chi connectivity index (χ2n) is 11.6. The minimum Gasteiger partial charge on any atom is -0.618 e. The van der Waals surface area contributed by atoms with Gasteiger partial charge in [0.05, 0.1) is 35.8 Å². The van der Waals surface area contributed by atoms with Gasteiger partial charge in [-0.3, -0.25) is 14.5 Å². The molecular weight excluding hydrogens is 460 g/mol. The van der Waals surface area contributed by atoms with Gasteiger partial charge in [0.25, 0.3) is 5.91 Å². The van der Waals surface area contributed by atoms with E-state index in [1.165, 1.54) is 0 Å². The predicted octanol–water partition coefficient (Wildman–Crippen LogP) is 1.67. The number of fused-ring (bicyclic) bond motifs is 4. The van der Waals surface area contributed by atoms with Crippen molar-refractivity contribution in [1.82, 2.24) is 15.1 Å². The minimum absolute atomic E-state index is 0.0237. The zero-order chi connectivity index (χ0) is 24.9. The van der Waals surface area contributed by atoms with Crippen LogP contribution >= 0.6 is 0 Å².